The first-order chi connectivity index (χ1) is 13.8. The molecule has 0 spiro atoms. The van der Waals surface area contributed by atoms with E-state index in [0.717, 1.165) is 41.1 Å². The minimum Gasteiger partial charge on any atom is -0.493 e. The molecule has 0 aliphatic heterocycles. The van der Waals surface area contributed by atoms with Crippen molar-refractivity contribution in [2.45, 2.75) is 43.3 Å². The molecule has 1 aliphatic carbocycles. The molecule has 1 aliphatic rings. The second kappa shape index (κ2) is 8.98. The second-order valence-corrected chi connectivity index (χ2v) is 7.84. The average Bonchev–Trinajstić information content (AvgIpc) is 3.42. The quantitative estimate of drug-likeness (QED) is 0.410. The Morgan fingerprint density at radius 1 is 1.14 bits per heavy atom. The summed E-state index contributed by atoms with van der Waals surface area (Å²) >= 11 is 1.66. The fraction of sp³-hybridized carbons (Fsp3) is 0.381. The standard InChI is InChI=1S/C21H22N4O2S/c22-15-16-8-10-18(11-9-16)26-13-14-28-21-24-23-20(19-7-4-12-27-19)25(21)17-5-2-1-3-6-17/h4,7-12,17H,1-3,5-6,13-14H2. The number of benzene rings is 1. The lowest BCUT2D eigenvalue weighted by Gasteiger charge is -2.25. The lowest BCUT2D eigenvalue weighted by atomic mass is 9.95. The van der Waals surface area contributed by atoms with Gasteiger partial charge in [0.1, 0.15) is 5.75 Å². The van der Waals surface area contributed by atoms with E-state index < -0.39 is 0 Å². The number of ether oxygens (including phenoxy) is 1. The summed E-state index contributed by atoms with van der Waals surface area (Å²) in [7, 11) is 0. The Labute approximate surface area is 168 Å². The Morgan fingerprint density at radius 3 is 2.68 bits per heavy atom. The fourth-order valence-electron chi connectivity index (χ4n) is 3.54. The molecule has 144 valence electrons. The van der Waals surface area contributed by atoms with Crippen LogP contribution in [-0.2, 0) is 0 Å². The van der Waals surface area contributed by atoms with Crippen molar-refractivity contribution < 1.29 is 9.15 Å². The molecule has 3 aromatic rings. The number of rotatable bonds is 7. The summed E-state index contributed by atoms with van der Waals surface area (Å²) in [5, 5.41) is 18.6. The Morgan fingerprint density at radius 2 is 1.96 bits per heavy atom. The first-order valence-corrected chi connectivity index (χ1v) is 10.6. The third-order valence-corrected chi connectivity index (χ3v) is 5.82. The van der Waals surface area contributed by atoms with E-state index in [1.165, 1.54) is 19.3 Å². The molecule has 0 radical (unpaired) electrons. The van der Waals surface area contributed by atoms with Crippen LogP contribution in [0, 0.1) is 11.3 Å². The van der Waals surface area contributed by atoms with Crippen molar-refractivity contribution in [1.82, 2.24) is 14.8 Å². The van der Waals surface area contributed by atoms with Crippen LogP contribution in [-0.4, -0.2) is 27.1 Å². The van der Waals surface area contributed by atoms with Crippen LogP contribution in [0.4, 0.5) is 0 Å². The molecule has 0 saturated heterocycles. The van der Waals surface area contributed by atoms with E-state index in [9.17, 15) is 0 Å². The van der Waals surface area contributed by atoms with Gasteiger partial charge in [0.2, 0.25) is 5.82 Å². The van der Waals surface area contributed by atoms with E-state index in [-0.39, 0.29) is 0 Å². The van der Waals surface area contributed by atoms with Gasteiger partial charge in [0.25, 0.3) is 0 Å². The Kier molecular flexibility index (Phi) is 5.98. The predicted molar refractivity (Wildman–Crippen MR) is 107 cm³/mol. The number of nitriles is 1. The molecule has 7 heteroatoms. The second-order valence-electron chi connectivity index (χ2n) is 6.78. The molecule has 0 N–H and O–H groups in total. The zero-order valence-corrected chi connectivity index (χ0v) is 16.4. The maximum absolute atomic E-state index is 8.86. The van der Waals surface area contributed by atoms with Crippen molar-refractivity contribution in [2.24, 2.45) is 0 Å². The summed E-state index contributed by atoms with van der Waals surface area (Å²) in [5.74, 6) is 3.11. The van der Waals surface area contributed by atoms with E-state index in [1.807, 2.05) is 24.3 Å². The van der Waals surface area contributed by atoms with Crippen LogP contribution in [0.15, 0.2) is 52.2 Å². The summed E-state index contributed by atoms with van der Waals surface area (Å²) < 4.78 is 13.6. The van der Waals surface area contributed by atoms with Gasteiger partial charge in [-0.2, -0.15) is 5.26 Å². The Hall–Kier alpha value is -2.72. The van der Waals surface area contributed by atoms with Crippen molar-refractivity contribution in [2.75, 3.05) is 12.4 Å². The van der Waals surface area contributed by atoms with E-state index >= 15 is 0 Å². The molecule has 1 fully saturated rings. The van der Waals surface area contributed by atoms with Gasteiger partial charge in [-0.1, -0.05) is 31.0 Å². The normalized spacial score (nSPS) is 14.7. The molecular weight excluding hydrogens is 372 g/mol. The zero-order valence-electron chi connectivity index (χ0n) is 15.6. The van der Waals surface area contributed by atoms with E-state index in [4.69, 9.17) is 14.4 Å². The van der Waals surface area contributed by atoms with Crippen LogP contribution in [0.2, 0.25) is 0 Å². The summed E-state index contributed by atoms with van der Waals surface area (Å²) in [6, 6.07) is 13.5. The Bertz CT molecular complexity index is 922. The van der Waals surface area contributed by atoms with Gasteiger partial charge in [-0.15, -0.1) is 10.2 Å². The number of hydrogen-bond donors (Lipinski definition) is 0. The first kappa shape index (κ1) is 18.6. The van der Waals surface area contributed by atoms with Gasteiger partial charge in [0, 0.05) is 11.8 Å². The van der Waals surface area contributed by atoms with Gasteiger partial charge in [-0.25, -0.2) is 0 Å². The van der Waals surface area contributed by atoms with Crippen LogP contribution in [0.5, 0.6) is 5.75 Å². The molecular formula is C21H22N4O2S. The summed E-state index contributed by atoms with van der Waals surface area (Å²) in [6.07, 6.45) is 7.77. The largest absolute Gasteiger partial charge is 0.493 e. The number of nitrogens with zero attached hydrogens (tertiary/aromatic N) is 4. The van der Waals surface area contributed by atoms with Crippen LogP contribution in [0.25, 0.3) is 11.6 Å². The van der Waals surface area contributed by atoms with Crippen molar-refractivity contribution in [3.63, 3.8) is 0 Å². The molecule has 0 bridgehead atoms. The highest BCUT2D eigenvalue weighted by Crippen LogP contribution is 2.35. The van der Waals surface area contributed by atoms with Crippen LogP contribution in [0.3, 0.4) is 0 Å². The molecule has 4 rings (SSSR count). The fourth-order valence-corrected chi connectivity index (χ4v) is 4.36. The molecule has 2 heterocycles. The van der Waals surface area contributed by atoms with E-state index in [2.05, 4.69) is 20.8 Å². The van der Waals surface area contributed by atoms with E-state index in [1.54, 1.807) is 30.2 Å². The van der Waals surface area contributed by atoms with E-state index in [0.29, 0.717) is 18.2 Å². The monoisotopic (exact) mass is 394 g/mol. The zero-order chi connectivity index (χ0) is 19.2. The van der Waals surface area contributed by atoms with Crippen LogP contribution < -0.4 is 4.74 Å². The number of hydrogen-bond acceptors (Lipinski definition) is 6. The summed E-state index contributed by atoms with van der Waals surface area (Å²) in [4.78, 5) is 0. The third-order valence-electron chi connectivity index (χ3n) is 4.91. The smallest absolute Gasteiger partial charge is 0.200 e. The topological polar surface area (TPSA) is 76.9 Å². The summed E-state index contributed by atoms with van der Waals surface area (Å²) in [5.41, 5.74) is 0.632. The molecule has 1 saturated carbocycles. The highest BCUT2D eigenvalue weighted by molar-refractivity contribution is 7.99. The van der Waals surface area contributed by atoms with Gasteiger partial charge in [-0.3, -0.25) is 4.57 Å². The maximum atomic E-state index is 8.86. The van der Waals surface area contributed by atoms with Crippen molar-refractivity contribution in [3.05, 3.63) is 48.2 Å². The third kappa shape index (κ3) is 4.23. The first-order valence-electron chi connectivity index (χ1n) is 9.59. The molecule has 28 heavy (non-hydrogen) atoms. The molecule has 0 atom stereocenters. The molecule has 0 amide bonds. The highest BCUT2D eigenvalue weighted by atomic mass is 32.2. The molecule has 2 aromatic heterocycles. The molecule has 0 unspecified atom stereocenters. The van der Waals surface area contributed by atoms with Crippen LogP contribution >= 0.6 is 11.8 Å². The van der Waals surface area contributed by atoms with Gasteiger partial charge >= 0.3 is 0 Å². The molecule has 1 aromatic carbocycles. The van der Waals surface area contributed by atoms with Crippen molar-refractivity contribution in [1.29, 1.82) is 5.26 Å². The Balaban J connectivity index is 1.42. The number of aromatic nitrogens is 3. The average molecular weight is 395 g/mol. The number of thioether (sulfide) groups is 1. The van der Waals surface area contributed by atoms with Crippen molar-refractivity contribution in [3.8, 4) is 23.4 Å². The summed E-state index contributed by atoms with van der Waals surface area (Å²) in [6.45, 7) is 0.560. The lowest BCUT2D eigenvalue weighted by molar-refractivity contribution is 0.335. The maximum Gasteiger partial charge on any atom is 0.200 e. The van der Waals surface area contributed by atoms with Gasteiger partial charge in [0.05, 0.1) is 24.5 Å². The predicted octanol–water partition coefficient (Wildman–Crippen LogP) is 5.09. The minimum atomic E-state index is 0.422. The lowest BCUT2D eigenvalue weighted by Crippen LogP contribution is -2.15. The number of furan rings is 1. The van der Waals surface area contributed by atoms with Gasteiger partial charge < -0.3 is 9.15 Å². The van der Waals surface area contributed by atoms with Gasteiger partial charge in [0.15, 0.2) is 10.9 Å². The minimum absolute atomic E-state index is 0.422. The van der Waals surface area contributed by atoms with Gasteiger partial charge in [-0.05, 0) is 49.2 Å². The van der Waals surface area contributed by atoms with Crippen molar-refractivity contribution >= 4 is 11.8 Å². The SMILES string of the molecule is N#Cc1ccc(OCCSc2nnc(-c3ccco3)n2C2CCCCC2)cc1. The van der Waals surface area contributed by atoms with Crippen LogP contribution in [0.1, 0.15) is 43.7 Å². The highest BCUT2D eigenvalue weighted by Gasteiger charge is 2.24. The molecule has 6 nitrogen and oxygen atoms in total.